The van der Waals surface area contributed by atoms with Crippen LogP contribution in [0.2, 0.25) is 10.3 Å². The first-order chi connectivity index (χ1) is 8.99. The van der Waals surface area contributed by atoms with Crippen LogP contribution in [0.1, 0.15) is 24.2 Å². The van der Waals surface area contributed by atoms with Crippen molar-refractivity contribution in [3.63, 3.8) is 0 Å². The second-order valence-electron chi connectivity index (χ2n) is 4.79. The molecule has 0 N–H and O–H groups in total. The molecule has 1 aliphatic heterocycles. The van der Waals surface area contributed by atoms with Gasteiger partial charge in [0.25, 0.3) is 5.91 Å². The van der Waals surface area contributed by atoms with Crippen molar-refractivity contribution >= 4 is 29.1 Å². The van der Waals surface area contributed by atoms with Gasteiger partial charge in [0.2, 0.25) is 0 Å². The molecule has 1 aromatic heterocycles. The lowest BCUT2D eigenvalue weighted by Crippen LogP contribution is -2.50. The zero-order valence-electron chi connectivity index (χ0n) is 10.9. The van der Waals surface area contributed by atoms with Crippen molar-refractivity contribution in [2.75, 3.05) is 26.2 Å². The molecule has 0 aliphatic carbocycles. The summed E-state index contributed by atoms with van der Waals surface area (Å²) in [5.74, 6) is -0.134. The fourth-order valence-electron chi connectivity index (χ4n) is 2.11. The number of hydrogen-bond acceptors (Lipinski definition) is 4. The van der Waals surface area contributed by atoms with Gasteiger partial charge in [0.15, 0.2) is 10.3 Å². The SMILES string of the molecule is CC(C)N1CCN(C(=O)c2cc(Cl)nnc2Cl)CC1. The summed E-state index contributed by atoms with van der Waals surface area (Å²) in [5, 5.41) is 7.54. The summed E-state index contributed by atoms with van der Waals surface area (Å²) in [7, 11) is 0. The lowest BCUT2D eigenvalue weighted by atomic mass is 10.2. The Balaban J connectivity index is 2.07. The summed E-state index contributed by atoms with van der Waals surface area (Å²) < 4.78 is 0. The highest BCUT2D eigenvalue weighted by molar-refractivity contribution is 6.34. The van der Waals surface area contributed by atoms with E-state index in [0.717, 1.165) is 13.1 Å². The standard InChI is InChI=1S/C12H16Cl2N4O/c1-8(2)17-3-5-18(6-4-17)12(19)9-7-10(13)15-16-11(9)14/h7-8H,3-6H2,1-2H3. The van der Waals surface area contributed by atoms with Crippen molar-refractivity contribution in [3.8, 4) is 0 Å². The van der Waals surface area contributed by atoms with Crippen molar-refractivity contribution in [1.82, 2.24) is 20.0 Å². The molecule has 5 nitrogen and oxygen atoms in total. The summed E-state index contributed by atoms with van der Waals surface area (Å²) in [6, 6.07) is 1.96. The molecule has 1 fully saturated rings. The number of nitrogens with zero attached hydrogens (tertiary/aromatic N) is 4. The molecule has 0 bridgehead atoms. The Kier molecular flexibility index (Phi) is 4.60. The summed E-state index contributed by atoms with van der Waals surface area (Å²) >= 11 is 11.7. The fourth-order valence-corrected chi connectivity index (χ4v) is 2.43. The zero-order chi connectivity index (χ0) is 14.0. The predicted octanol–water partition coefficient (Wildman–Crippen LogP) is 1.95. The van der Waals surface area contributed by atoms with Crippen LogP contribution in [0.5, 0.6) is 0 Å². The van der Waals surface area contributed by atoms with Crippen molar-refractivity contribution in [2.24, 2.45) is 0 Å². The average Bonchev–Trinajstić information content (AvgIpc) is 2.41. The van der Waals surface area contributed by atoms with E-state index in [4.69, 9.17) is 23.2 Å². The minimum atomic E-state index is -0.134. The van der Waals surface area contributed by atoms with E-state index < -0.39 is 0 Å². The third kappa shape index (κ3) is 3.35. The summed E-state index contributed by atoms with van der Waals surface area (Å²) in [4.78, 5) is 16.5. The number of rotatable bonds is 2. The lowest BCUT2D eigenvalue weighted by molar-refractivity contribution is 0.0595. The van der Waals surface area contributed by atoms with Crippen LogP contribution in [0.3, 0.4) is 0 Å². The van der Waals surface area contributed by atoms with Gasteiger partial charge in [-0.2, -0.15) is 0 Å². The van der Waals surface area contributed by atoms with Gasteiger partial charge in [0.1, 0.15) is 0 Å². The van der Waals surface area contributed by atoms with Gasteiger partial charge < -0.3 is 4.90 Å². The third-order valence-corrected chi connectivity index (χ3v) is 3.75. The van der Waals surface area contributed by atoms with Crippen molar-refractivity contribution < 1.29 is 4.79 Å². The molecule has 0 unspecified atom stereocenters. The van der Waals surface area contributed by atoms with Gasteiger partial charge in [0, 0.05) is 32.2 Å². The van der Waals surface area contributed by atoms with Crippen molar-refractivity contribution in [3.05, 3.63) is 21.9 Å². The number of amides is 1. The van der Waals surface area contributed by atoms with E-state index in [1.807, 2.05) is 0 Å². The highest BCUT2D eigenvalue weighted by Crippen LogP contribution is 2.18. The number of carbonyl (C=O) groups is 1. The molecule has 0 radical (unpaired) electrons. The molecule has 2 heterocycles. The molecule has 0 spiro atoms. The molecule has 2 rings (SSSR count). The van der Waals surface area contributed by atoms with Gasteiger partial charge in [-0.25, -0.2) is 0 Å². The lowest BCUT2D eigenvalue weighted by Gasteiger charge is -2.36. The monoisotopic (exact) mass is 302 g/mol. The van der Waals surface area contributed by atoms with E-state index in [1.165, 1.54) is 6.07 Å². The van der Waals surface area contributed by atoms with Crippen LogP contribution in [0.25, 0.3) is 0 Å². The number of aromatic nitrogens is 2. The predicted molar refractivity (Wildman–Crippen MR) is 74.7 cm³/mol. The molecule has 104 valence electrons. The van der Waals surface area contributed by atoms with Gasteiger partial charge >= 0.3 is 0 Å². The van der Waals surface area contributed by atoms with Crippen LogP contribution in [0.4, 0.5) is 0 Å². The van der Waals surface area contributed by atoms with Crippen LogP contribution in [-0.4, -0.2) is 58.1 Å². The molecule has 7 heteroatoms. The molecule has 1 aromatic rings. The summed E-state index contributed by atoms with van der Waals surface area (Å²) in [6.07, 6.45) is 0. The van der Waals surface area contributed by atoms with Gasteiger partial charge in [-0.15, -0.1) is 10.2 Å². The summed E-state index contributed by atoms with van der Waals surface area (Å²) in [6.45, 7) is 7.42. The molecule has 19 heavy (non-hydrogen) atoms. The van der Waals surface area contributed by atoms with E-state index in [9.17, 15) is 4.79 Å². The van der Waals surface area contributed by atoms with Gasteiger partial charge in [-0.05, 0) is 19.9 Å². The first-order valence-electron chi connectivity index (χ1n) is 6.21. The first-order valence-corrected chi connectivity index (χ1v) is 6.96. The van der Waals surface area contributed by atoms with Crippen molar-refractivity contribution in [1.29, 1.82) is 0 Å². The van der Waals surface area contributed by atoms with E-state index in [-0.39, 0.29) is 16.2 Å². The fraction of sp³-hybridized carbons (Fsp3) is 0.583. The Morgan fingerprint density at radius 3 is 2.42 bits per heavy atom. The Bertz CT molecular complexity index is 473. The van der Waals surface area contributed by atoms with Crippen LogP contribution in [-0.2, 0) is 0 Å². The topological polar surface area (TPSA) is 49.3 Å². The number of piperazine rings is 1. The Labute approximate surface area is 122 Å². The van der Waals surface area contributed by atoms with E-state index in [1.54, 1.807) is 4.90 Å². The van der Waals surface area contributed by atoms with Gasteiger partial charge in [-0.3, -0.25) is 9.69 Å². The number of carbonyl (C=O) groups excluding carboxylic acids is 1. The molecular formula is C12H16Cl2N4O. The minimum Gasteiger partial charge on any atom is -0.336 e. The zero-order valence-corrected chi connectivity index (χ0v) is 12.4. The largest absolute Gasteiger partial charge is 0.336 e. The number of halogens is 2. The van der Waals surface area contributed by atoms with Crippen LogP contribution >= 0.6 is 23.2 Å². The van der Waals surface area contributed by atoms with Crippen LogP contribution in [0, 0.1) is 0 Å². The smallest absolute Gasteiger partial charge is 0.257 e. The summed E-state index contributed by atoms with van der Waals surface area (Å²) in [5.41, 5.74) is 0.319. The van der Waals surface area contributed by atoms with Gasteiger partial charge in [-0.1, -0.05) is 23.2 Å². The second kappa shape index (κ2) is 6.03. The molecular weight excluding hydrogens is 287 g/mol. The maximum atomic E-state index is 12.3. The maximum absolute atomic E-state index is 12.3. The Morgan fingerprint density at radius 1 is 1.21 bits per heavy atom. The van der Waals surface area contributed by atoms with Gasteiger partial charge in [0.05, 0.1) is 5.56 Å². The molecule has 0 aromatic carbocycles. The first kappa shape index (κ1) is 14.5. The van der Waals surface area contributed by atoms with Crippen molar-refractivity contribution in [2.45, 2.75) is 19.9 Å². The minimum absolute atomic E-state index is 0.0979. The molecule has 1 amide bonds. The average molecular weight is 303 g/mol. The second-order valence-corrected chi connectivity index (χ2v) is 5.54. The van der Waals surface area contributed by atoms with Crippen LogP contribution in [0.15, 0.2) is 6.07 Å². The van der Waals surface area contributed by atoms with E-state index in [0.29, 0.717) is 24.7 Å². The Hall–Kier alpha value is -0.910. The normalized spacial score (nSPS) is 17.0. The highest BCUT2D eigenvalue weighted by Gasteiger charge is 2.25. The van der Waals surface area contributed by atoms with E-state index in [2.05, 4.69) is 28.9 Å². The highest BCUT2D eigenvalue weighted by atomic mass is 35.5. The molecule has 0 saturated carbocycles. The molecule has 1 aliphatic rings. The molecule has 1 saturated heterocycles. The Morgan fingerprint density at radius 2 is 1.84 bits per heavy atom. The third-order valence-electron chi connectivity index (χ3n) is 3.28. The maximum Gasteiger partial charge on any atom is 0.257 e. The van der Waals surface area contributed by atoms with E-state index >= 15 is 0 Å². The van der Waals surface area contributed by atoms with Crippen LogP contribution < -0.4 is 0 Å². The number of hydrogen-bond donors (Lipinski definition) is 0. The molecule has 0 atom stereocenters. The quantitative estimate of drug-likeness (QED) is 0.838.